The first kappa shape index (κ1) is 27.2. The number of halogens is 2. The summed E-state index contributed by atoms with van der Waals surface area (Å²) in [4.78, 5) is 59.5. The zero-order chi connectivity index (χ0) is 28.6. The van der Waals surface area contributed by atoms with E-state index in [2.05, 4.69) is 0 Å². The van der Waals surface area contributed by atoms with E-state index in [9.17, 15) is 19.2 Å². The van der Waals surface area contributed by atoms with E-state index in [0.717, 1.165) is 9.80 Å². The lowest BCUT2D eigenvalue weighted by Gasteiger charge is -2.27. The molecule has 4 amide bonds. The largest absolute Gasteiger partial charge is 0.336 e. The normalized spacial score (nSPS) is 15.6. The average Bonchev–Trinajstić information content (AvgIpc) is 3.33. The quantitative estimate of drug-likeness (QED) is 0.336. The van der Waals surface area contributed by atoms with Crippen LogP contribution in [-0.4, -0.2) is 36.7 Å². The lowest BCUT2D eigenvalue weighted by Crippen LogP contribution is -2.39. The summed E-state index contributed by atoms with van der Waals surface area (Å²) in [5, 5.41) is -0.523. The molecular weight excluding hydrogens is 551 g/mol. The Morgan fingerprint density at radius 1 is 0.525 bits per heavy atom. The van der Waals surface area contributed by atoms with E-state index in [1.54, 1.807) is 46.2 Å². The Kier molecular flexibility index (Phi) is 7.47. The summed E-state index contributed by atoms with van der Waals surface area (Å²) in [7, 11) is 0. The molecule has 8 nitrogen and oxygen atoms in total. The van der Waals surface area contributed by atoms with Crippen molar-refractivity contribution >= 4 is 69.6 Å². The minimum absolute atomic E-state index is 0.00678. The van der Waals surface area contributed by atoms with E-state index in [4.69, 9.17) is 23.2 Å². The van der Waals surface area contributed by atoms with Crippen LogP contribution in [-0.2, 0) is 19.2 Å². The summed E-state index contributed by atoms with van der Waals surface area (Å²) in [6.45, 7) is 4.40. The first-order valence-corrected chi connectivity index (χ1v) is 13.4. The van der Waals surface area contributed by atoms with Crippen LogP contribution in [0.5, 0.6) is 0 Å². The lowest BCUT2D eigenvalue weighted by atomic mass is 10.2. The number of carbonyl (C=O) groups excluding carboxylic acids is 4. The van der Waals surface area contributed by atoms with Crippen LogP contribution >= 0.6 is 23.2 Å². The van der Waals surface area contributed by atoms with Crippen molar-refractivity contribution in [1.29, 1.82) is 0 Å². The molecule has 0 aromatic heterocycles. The number of nitrogens with zero attached hydrogens (tertiary/aromatic N) is 4. The Hall–Kier alpha value is -4.40. The predicted molar refractivity (Wildman–Crippen MR) is 156 cm³/mol. The van der Waals surface area contributed by atoms with Gasteiger partial charge in [0.15, 0.2) is 0 Å². The predicted octanol–water partition coefficient (Wildman–Crippen LogP) is 5.39. The van der Waals surface area contributed by atoms with Gasteiger partial charge in [-0.3, -0.25) is 19.2 Å². The Morgan fingerprint density at radius 2 is 0.850 bits per heavy atom. The molecule has 10 heteroatoms. The van der Waals surface area contributed by atoms with Crippen molar-refractivity contribution in [1.82, 2.24) is 0 Å². The van der Waals surface area contributed by atoms with Gasteiger partial charge in [-0.05, 0) is 50.2 Å². The molecule has 0 aliphatic carbocycles. The molecule has 2 aliphatic heterocycles. The van der Waals surface area contributed by atoms with Gasteiger partial charge in [0, 0.05) is 24.5 Å². The van der Waals surface area contributed by atoms with Crippen LogP contribution in [0.25, 0.3) is 0 Å². The molecule has 0 fully saturated rings. The van der Waals surface area contributed by atoms with Crippen LogP contribution in [0.1, 0.15) is 13.8 Å². The smallest absolute Gasteiger partial charge is 0.283 e. The fraction of sp³-hybridized carbons (Fsp3) is 0.133. The standard InChI is InChI=1S/C30H24Cl2N4O4/c1-3-33(19-13-7-5-8-14-19)25-23(31)27(37)35(29(25)39)21-17-11-12-18-22(21)36-28(38)24(32)26(30(36)40)34(4-2)20-15-9-6-10-16-20/h5-18H,3-4H2,1-2H3. The van der Waals surface area contributed by atoms with Crippen LogP contribution in [0.3, 0.4) is 0 Å². The molecule has 2 aliphatic rings. The van der Waals surface area contributed by atoms with E-state index in [1.165, 1.54) is 12.1 Å². The van der Waals surface area contributed by atoms with Crippen LogP contribution in [0, 0.1) is 0 Å². The molecule has 0 saturated carbocycles. The second-order valence-electron chi connectivity index (χ2n) is 8.86. The molecule has 0 radical (unpaired) electrons. The van der Waals surface area contributed by atoms with E-state index in [-0.39, 0.29) is 32.8 Å². The van der Waals surface area contributed by atoms with Crippen LogP contribution < -0.4 is 19.6 Å². The molecule has 2 heterocycles. The van der Waals surface area contributed by atoms with Gasteiger partial charge in [-0.25, -0.2) is 9.80 Å². The number of imide groups is 2. The van der Waals surface area contributed by atoms with E-state index >= 15 is 0 Å². The fourth-order valence-corrected chi connectivity index (χ4v) is 5.42. The third-order valence-corrected chi connectivity index (χ3v) is 7.36. The number of hydrogen-bond acceptors (Lipinski definition) is 6. The highest BCUT2D eigenvalue weighted by Crippen LogP contribution is 2.41. The third-order valence-electron chi connectivity index (χ3n) is 6.68. The summed E-state index contributed by atoms with van der Waals surface area (Å²) in [5.74, 6) is -2.88. The Balaban J connectivity index is 1.54. The van der Waals surface area contributed by atoms with Crippen molar-refractivity contribution in [3.8, 4) is 0 Å². The van der Waals surface area contributed by atoms with Crippen molar-refractivity contribution in [2.24, 2.45) is 0 Å². The van der Waals surface area contributed by atoms with Crippen molar-refractivity contribution < 1.29 is 19.2 Å². The van der Waals surface area contributed by atoms with Crippen molar-refractivity contribution in [3.63, 3.8) is 0 Å². The zero-order valence-electron chi connectivity index (χ0n) is 21.7. The summed E-state index contributed by atoms with van der Waals surface area (Å²) in [5.41, 5.74) is 1.44. The maximum absolute atomic E-state index is 13.8. The van der Waals surface area contributed by atoms with Crippen molar-refractivity contribution in [2.75, 3.05) is 32.7 Å². The fourth-order valence-electron chi connectivity index (χ4n) is 4.89. The number of benzene rings is 3. The Morgan fingerprint density at radius 3 is 1.18 bits per heavy atom. The second-order valence-corrected chi connectivity index (χ2v) is 9.62. The number of hydrogen-bond donors (Lipinski definition) is 0. The SMILES string of the molecule is CCN(C1=C(Cl)C(=O)N(c2ccccc2N2C(=O)C(Cl)=C(N(CC)c3ccccc3)C2=O)C1=O)c1ccccc1. The molecule has 3 aromatic carbocycles. The molecule has 0 saturated heterocycles. The molecular formula is C30H24Cl2N4O4. The molecule has 202 valence electrons. The number of para-hydroxylation sites is 4. The van der Waals surface area contributed by atoms with Gasteiger partial charge in [-0.1, -0.05) is 71.7 Å². The molecule has 40 heavy (non-hydrogen) atoms. The molecule has 0 unspecified atom stereocenters. The Bertz CT molecular complexity index is 1470. The summed E-state index contributed by atoms with van der Waals surface area (Å²) in [6.07, 6.45) is 0. The monoisotopic (exact) mass is 574 g/mol. The highest BCUT2D eigenvalue weighted by molar-refractivity contribution is 6.55. The number of likely N-dealkylation sites (N-methyl/N-ethyl adjacent to an activating group) is 2. The van der Waals surface area contributed by atoms with Gasteiger partial charge in [0.05, 0.1) is 11.4 Å². The van der Waals surface area contributed by atoms with Crippen LogP contribution in [0.15, 0.2) is 106 Å². The maximum atomic E-state index is 13.8. The second kappa shape index (κ2) is 11.0. The van der Waals surface area contributed by atoms with Gasteiger partial charge < -0.3 is 9.80 Å². The van der Waals surface area contributed by atoms with Gasteiger partial charge in [0.25, 0.3) is 23.6 Å². The molecule has 0 bridgehead atoms. The van der Waals surface area contributed by atoms with Crippen LogP contribution in [0.4, 0.5) is 22.7 Å². The van der Waals surface area contributed by atoms with Crippen molar-refractivity contribution in [2.45, 2.75) is 13.8 Å². The minimum Gasteiger partial charge on any atom is -0.336 e. The summed E-state index contributed by atoms with van der Waals surface area (Å²) >= 11 is 13.0. The Labute approximate surface area is 241 Å². The van der Waals surface area contributed by atoms with Gasteiger partial charge in [0.1, 0.15) is 21.5 Å². The third kappa shape index (κ3) is 4.35. The molecule has 0 N–H and O–H groups in total. The molecule has 3 aromatic rings. The lowest BCUT2D eigenvalue weighted by molar-refractivity contribution is -0.122. The van der Waals surface area contributed by atoms with E-state index < -0.39 is 23.6 Å². The summed E-state index contributed by atoms with van der Waals surface area (Å²) in [6, 6.07) is 24.3. The highest BCUT2D eigenvalue weighted by Gasteiger charge is 2.46. The first-order chi connectivity index (χ1) is 19.3. The molecule has 0 spiro atoms. The number of anilines is 4. The van der Waals surface area contributed by atoms with Gasteiger partial charge in [0.2, 0.25) is 0 Å². The van der Waals surface area contributed by atoms with E-state index in [1.807, 2.05) is 50.2 Å². The van der Waals surface area contributed by atoms with Crippen molar-refractivity contribution in [3.05, 3.63) is 106 Å². The first-order valence-electron chi connectivity index (χ1n) is 12.6. The number of amides is 4. The maximum Gasteiger partial charge on any atom is 0.283 e. The average molecular weight is 575 g/mol. The highest BCUT2D eigenvalue weighted by atomic mass is 35.5. The van der Waals surface area contributed by atoms with Gasteiger partial charge in [-0.15, -0.1) is 0 Å². The minimum atomic E-state index is -0.763. The van der Waals surface area contributed by atoms with Crippen LogP contribution in [0.2, 0.25) is 0 Å². The molecule has 0 atom stereocenters. The topological polar surface area (TPSA) is 81.2 Å². The number of rotatable bonds is 8. The van der Waals surface area contributed by atoms with Gasteiger partial charge in [-0.2, -0.15) is 0 Å². The van der Waals surface area contributed by atoms with E-state index in [0.29, 0.717) is 24.5 Å². The summed E-state index contributed by atoms with van der Waals surface area (Å²) < 4.78 is 0. The number of carbonyl (C=O) groups is 4. The van der Waals surface area contributed by atoms with Gasteiger partial charge >= 0.3 is 0 Å². The molecule has 5 rings (SSSR count). The zero-order valence-corrected chi connectivity index (χ0v) is 23.2.